The number of nitrogens with one attached hydrogen (secondary N) is 1. The molecule has 1 N–H and O–H groups in total. The van der Waals surface area contributed by atoms with Gasteiger partial charge in [0, 0.05) is 31.2 Å². The number of para-hydroxylation sites is 1. The molecule has 1 aliphatic heterocycles. The zero-order chi connectivity index (χ0) is 15.1. The highest BCUT2D eigenvalue weighted by atomic mass is 16.5. The maximum absolute atomic E-state index is 5.78. The molecule has 0 saturated carbocycles. The predicted octanol–water partition coefficient (Wildman–Crippen LogP) is 1.98. The summed E-state index contributed by atoms with van der Waals surface area (Å²) in [6.45, 7) is 8.47. The van der Waals surface area contributed by atoms with Crippen LogP contribution in [0.3, 0.4) is 0 Å². The second-order valence-electron chi connectivity index (χ2n) is 5.77. The predicted molar refractivity (Wildman–Crippen MR) is 88.0 cm³/mol. The van der Waals surface area contributed by atoms with Crippen molar-refractivity contribution >= 4 is 0 Å². The number of ether oxygens (including phenoxy) is 1. The molecule has 1 aliphatic rings. The van der Waals surface area contributed by atoms with Crippen LogP contribution in [0.2, 0.25) is 0 Å². The first-order valence-corrected chi connectivity index (χ1v) is 8.04. The Balaban J connectivity index is 2.05. The molecule has 1 aromatic carbocycles. The first-order valence-electron chi connectivity index (χ1n) is 8.04. The minimum Gasteiger partial charge on any atom is -0.494 e. The van der Waals surface area contributed by atoms with Crippen LogP contribution in [-0.4, -0.2) is 63.2 Å². The molecular formula is C17H29N3O. The van der Waals surface area contributed by atoms with E-state index < -0.39 is 0 Å². The Hall–Kier alpha value is -1.10. The van der Waals surface area contributed by atoms with Crippen LogP contribution in [-0.2, 0) is 0 Å². The van der Waals surface area contributed by atoms with Crippen molar-refractivity contribution in [2.75, 3.05) is 53.4 Å². The Bertz CT molecular complexity index is 424. The smallest absolute Gasteiger partial charge is 0.124 e. The molecule has 1 saturated heterocycles. The highest BCUT2D eigenvalue weighted by molar-refractivity contribution is 5.36. The highest BCUT2D eigenvalue weighted by Crippen LogP contribution is 2.25. The fraction of sp³-hybridized carbons (Fsp3) is 0.647. The van der Waals surface area contributed by atoms with E-state index in [2.05, 4.69) is 40.4 Å². The lowest BCUT2D eigenvalue weighted by Crippen LogP contribution is -2.36. The lowest BCUT2D eigenvalue weighted by molar-refractivity contribution is 0.247. The minimum atomic E-state index is 0.316. The molecule has 0 aliphatic carbocycles. The Morgan fingerprint density at radius 1 is 1.19 bits per heavy atom. The molecular weight excluding hydrogens is 262 g/mol. The lowest BCUT2D eigenvalue weighted by atomic mass is 10.0. The largest absolute Gasteiger partial charge is 0.494 e. The zero-order valence-corrected chi connectivity index (χ0v) is 13.6. The molecule has 0 bridgehead atoms. The van der Waals surface area contributed by atoms with Gasteiger partial charge in [-0.05, 0) is 46.6 Å². The van der Waals surface area contributed by atoms with Gasteiger partial charge in [-0.3, -0.25) is 0 Å². The van der Waals surface area contributed by atoms with E-state index in [9.17, 15) is 0 Å². The van der Waals surface area contributed by atoms with E-state index in [4.69, 9.17) is 4.74 Å². The van der Waals surface area contributed by atoms with E-state index in [1.807, 2.05) is 20.0 Å². The van der Waals surface area contributed by atoms with Crippen LogP contribution in [0.1, 0.15) is 24.9 Å². The van der Waals surface area contributed by atoms with Crippen LogP contribution >= 0.6 is 0 Å². The number of nitrogens with zero attached hydrogens (tertiary/aromatic N) is 2. The monoisotopic (exact) mass is 291 g/mol. The molecule has 1 unspecified atom stereocenters. The molecule has 4 nitrogen and oxygen atoms in total. The maximum Gasteiger partial charge on any atom is 0.124 e. The van der Waals surface area contributed by atoms with Crippen LogP contribution in [0.5, 0.6) is 5.75 Å². The standard InChI is InChI=1S/C17H29N3O/c1-4-21-17-9-6-5-8-15(17)16(18-2)14-20-11-7-10-19(3)12-13-20/h5-6,8-9,16,18H,4,7,10-14H2,1-3H3. The topological polar surface area (TPSA) is 27.7 Å². The van der Waals surface area contributed by atoms with E-state index in [0.717, 1.165) is 25.4 Å². The SMILES string of the molecule is CCOc1ccccc1C(CN1CCCN(C)CC1)NC. The molecule has 4 heteroatoms. The van der Waals surface area contributed by atoms with Crippen molar-refractivity contribution in [1.29, 1.82) is 0 Å². The second-order valence-corrected chi connectivity index (χ2v) is 5.77. The summed E-state index contributed by atoms with van der Waals surface area (Å²) in [6, 6.07) is 8.70. The molecule has 1 heterocycles. The summed E-state index contributed by atoms with van der Waals surface area (Å²) in [7, 11) is 4.25. The van der Waals surface area contributed by atoms with Gasteiger partial charge in [-0.1, -0.05) is 18.2 Å². The number of hydrogen-bond donors (Lipinski definition) is 1. The number of rotatable bonds is 6. The van der Waals surface area contributed by atoms with Gasteiger partial charge in [-0.2, -0.15) is 0 Å². The van der Waals surface area contributed by atoms with Crippen LogP contribution < -0.4 is 10.1 Å². The summed E-state index contributed by atoms with van der Waals surface area (Å²) in [5, 5.41) is 3.46. The second kappa shape index (κ2) is 8.37. The van der Waals surface area contributed by atoms with Gasteiger partial charge in [0.25, 0.3) is 0 Å². The molecule has 118 valence electrons. The number of hydrogen-bond acceptors (Lipinski definition) is 4. The van der Waals surface area contributed by atoms with E-state index in [-0.39, 0.29) is 0 Å². The van der Waals surface area contributed by atoms with Crippen molar-refractivity contribution in [3.63, 3.8) is 0 Å². The highest BCUT2D eigenvalue weighted by Gasteiger charge is 2.19. The van der Waals surface area contributed by atoms with E-state index >= 15 is 0 Å². The zero-order valence-electron chi connectivity index (χ0n) is 13.6. The average Bonchev–Trinajstić information content (AvgIpc) is 2.70. The molecule has 2 rings (SSSR count). The maximum atomic E-state index is 5.78. The summed E-state index contributed by atoms with van der Waals surface area (Å²) >= 11 is 0. The van der Waals surface area contributed by atoms with Gasteiger partial charge >= 0.3 is 0 Å². The van der Waals surface area contributed by atoms with Gasteiger partial charge in [0.05, 0.1) is 6.61 Å². The fourth-order valence-corrected chi connectivity index (χ4v) is 2.94. The van der Waals surface area contributed by atoms with Gasteiger partial charge in [-0.15, -0.1) is 0 Å². The van der Waals surface area contributed by atoms with Crippen molar-refractivity contribution < 1.29 is 4.74 Å². The van der Waals surface area contributed by atoms with Crippen LogP contribution in [0.4, 0.5) is 0 Å². The minimum absolute atomic E-state index is 0.316. The molecule has 0 aromatic heterocycles. The van der Waals surface area contributed by atoms with E-state index in [1.54, 1.807) is 0 Å². The molecule has 0 radical (unpaired) electrons. The lowest BCUT2D eigenvalue weighted by Gasteiger charge is -2.27. The van der Waals surface area contributed by atoms with Gasteiger partial charge in [0.1, 0.15) is 5.75 Å². The third-order valence-electron chi connectivity index (χ3n) is 4.20. The van der Waals surface area contributed by atoms with Gasteiger partial charge < -0.3 is 19.9 Å². The summed E-state index contributed by atoms with van der Waals surface area (Å²) in [5.41, 5.74) is 1.26. The number of benzene rings is 1. The molecule has 0 amide bonds. The molecule has 1 fully saturated rings. The Kier molecular flexibility index (Phi) is 6.49. The Morgan fingerprint density at radius 2 is 2.00 bits per heavy atom. The third kappa shape index (κ3) is 4.70. The fourth-order valence-electron chi connectivity index (χ4n) is 2.94. The molecule has 21 heavy (non-hydrogen) atoms. The van der Waals surface area contributed by atoms with Crippen LogP contribution in [0.15, 0.2) is 24.3 Å². The van der Waals surface area contributed by atoms with Crippen molar-refractivity contribution in [2.45, 2.75) is 19.4 Å². The summed E-state index contributed by atoms with van der Waals surface area (Å²) in [5.74, 6) is 1.01. The van der Waals surface area contributed by atoms with Gasteiger partial charge in [-0.25, -0.2) is 0 Å². The van der Waals surface area contributed by atoms with Crippen molar-refractivity contribution in [1.82, 2.24) is 15.1 Å². The van der Waals surface area contributed by atoms with Crippen molar-refractivity contribution in [3.8, 4) is 5.75 Å². The van der Waals surface area contributed by atoms with E-state index in [1.165, 1.54) is 25.1 Å². The third-order valence-corrected chi connectivity index (χ3v) is 4.20. The molecule has 1 atom stereocenters. The van der Waals surface area contributed by atoms with Crippen LogP contribution in [0.25, 0.3) is 0 Å². The van der Waals surface area contributed by atoms with Gasteiger partial charge in [0.15, 0.2) is 0 Å². The molecule has 1 aromatic rings. The normalized spacial score (nSPS) is 19.2. The Morgan fingerprint density at radius 3 is 2.76 bits per heavy atom. The van der Waals surface area contributed by atoms with Crippen molar-refractivity contribution in [2.24, 2.45) is 0 Å². The quantitative estimate of drug-likeness (QED) is 0.867. The summed E-state index contributed by atoms with van der Waals surface area (Å²) < 4.78 is 5.78. The summed E-state index contributed by atoms with van der Waals surface area (Å²) in [6.07, 6.45) is 1.25. The first-order chi connectivity index (χ1) is 10.2. The summed E-state index contributed by atoms with van der Waals surface area (Å²) in [4.78, 5) is 4.98. The first kappa shape index (κ1) is 16.3. The van der Waals surface area contributed by atoms with Gasteiger partial charge in [0.2, 0.25) is 0 Å². The molecule has 0 spiro atoms. The van der Waals surface area contributed by atoms with Crippen LogP contribution in [0, 0.1) is 0 Å². The van der Waals surface area contributed by atoms with Crippen molar-refractivity contribution in [3.05, 3.63) is 29.8 Å². The number of likely N-dealkylation sites (N-methyl/N-ethyl adjacent to an activating group) is 2. The average molecular weight is 291 g/mol. The van der Waals surface area contributed by atoms with E-state index in [0.29, 0.717) is 12.6 Å². The Labute approximate surface area is 129 Å².